The summed E-state index contributed by atoms with van der Waals surface area (Å²) in [6.45, 7) is 0.776. The topological polar surface area (TPSA) is 190 Å². The summed E-state index contributed by atoms with van der Waals surface area (Å²) in [5.41, 5.74) is 3.08. The van der Waals surface area contributed by atoms with Gasteiger partial charge in [0.1, 0.15) is 71.7 Å². The first-order chi connectivity index (χ1) is 33.2. The molecule has 2 fully saturated rings. The van der Waals surface area contributed by atoms with Gasteiger partial charge in [0.15, 0.2) is 12.2 Å². The van der Waals surface area contributed by atoms with Crippen LogP contribution in [-0.4, -0.2) is 61.5 Å². The van der Waals surface area contributed by atoms with E-state index in [2.05, 4.69) is 0 Å². The van der Waals surface area contributed by atoms with E-state index < -0.39 is 48.3 Å². The molecule has 6 aromatic rings. The number of carbonyl (C=O) groups excluding carboxylic acids is 4. The SMILES string of the molecule is N#C/C(=C\c1ccc(OCc2ccccc2)cc1)C(=O)Oc1ccc(C(=O)O[C@H]2CO[C@H]3[C@@H]2OC[C@H]3OC(=O)c2ccc(OC(=O)/C(C#N)=C/c3ccc(OCc4ccccc4)cc3)cc2)cc1. The molecular formula is C54H40N2O12. The largest absolute Gasteiger partial charge is 0.489 e. The van der Waals surface area contributed by atoms with E-state index in [4.69, 9.17) is 37.9 Å². The average Bonchev–Trinajstić information content (AvgIpc) is 3.97. The molecule has 2 aliphatic heterocycles. The monoisotopic (exact) mass is 908 g/mol. The minimum absolute atomic E-state index is 0.00872. The van der Waals surface area contributed by atoms with Gasteiger partial charge in [0.05, 0.1) is 24.3 Å². The number of nitriles is 2. The Kier molecular flexibility index (Phi) is 14.7. The Morgan fingerprint density at radius 1 is 0.485 bits per heavy atom. The maximum atomic E-state index is 13.1. The van der Waals surface area contributed by atoms with Gasteiger partial charge in [0.25, 0.3) is 0 Å². The van der Waals surface area contributed by atoms with E-state index in [9.17, 15) is 29.7 Å². The number of benzene rings is 6. The highest BCUT2D eigenvalue weighted by molar-refractivity contribution is 6.00. The Morgan fingerprint density at radius 2 is 0.838 bits per heavy atom. The Labute approximate surface area is 390 Å². The van der Waals surface area contributed by atoms with Gasteiger partial charge in [-0.15, -0.1) is 0 Å². The van der Waals surface area contributed by atoms with Gasteiger partial charge in [-0.3, -0.25) is 0 Å². The number of ether oxygens (including phenoxy) is 8. The maximum Gasteiger partial charge on any atom is 0.354 e. The van der Waals surface area contributed by atoms with E-state index in [0.717, 1.165) is 11.1 Å². The van der Waals surface area contributed by atoms with E-state index in [0.29, 0.717) is 35.8 Å². The number of hydrogen-bond donors (Lipinski definition) is 0. The number of nitrogens with zero attached hydrogens (tertiary/aromatic N) is 2. The molecule has 338 valence electrons. The second-order valence-electron chi connectivity index (χ2n) is 15.3. The van der Waals surface area contributed by atoms with Gasteiger partial charge in [-0.05, 0) is 107 Å². The molecule has 4 atom stereocenters. The molecule has 14 heteroatoms. The van der Waals surface area contributed by atoms with Crippen LogP contribution in [0, 0.1) is 22.7 Å². The zero-order chi connectivity index (χ0) is 47.2. The molecule has 68 heavy (non-hydrogen) atoms. The van der Waals surface area contributed by atoms with Crippen molar-refractivity contribution >= 4 is 36.0 Å². The highest BCUT2D eigenvalue weighted by Gasteiger charge is 2.51. The predicted octanol–water partition coefficient (Wildman–Crippen LogP) is 8.42. The lowest BCUT2D eigenvalue weighted by molar-refractivity contribution is -0.130. The van der Waals surface area contributed by atoms with Crippen molar-refractivity contribution in [1.82, 2.24) is 0 Å². The molecule has 2 heterocycles. The molecule has 0 N–H and O–H groups in total. The molecule has 14 nitrogen and oxygen atoms in total. The van der Waals surface area contributed by atoms with Crippen molar-refractivity contribution in [3.05, 3.63) is 202 Å². The fraction of sp³-hybridized carbons (Fsp3) is 0.148. The summed E-state index contributed by atoms with van der Waals surface area (Å²) in [5, 5.41) is 19.3. The smallest absolute Gasteiger partial charge is 0.354 e. The van der Waals surface area contributed by atoms with Crippen LogP contribution in [0.2, 0.25) is 0 Å². The second kappa shape index (κ2) is 21.9. The van der Waals surface area contributed by atoms with E-state index in [-0.39, 0.29) is 47.0 Å². The fourth-order valence-electron chi connectivity index (χ4n) is 7.09. The third kappa shape index (κ3) is 11.9. The molecule has 0 aromatic heterocycles. The van der Waals surface area contributed by atoms with E-state index in [1.807, 2.05) is 72.8 Å². The second-order valence-corrected chi connectivity index (χ2v) is 15.3. The molecule has 6 aromatic carbocycles. The number of fused-ring (bicyclic) bond motifs is 1. The fourth-order valence-corrected chi connectivity index (χ4v) is 7.09. The lowest BCUT2D eigenvalue weighted by Gasteiger charge is -2.17. The Morgan fingerprint density at radius 3 is 1.19 bits per heavy atom. The summed E-state index contributed by atoms with van der Waals surface area (Å²) in [6, 6.07) is 48.2. The van der Waals surface area contributed by atoms with Crippen LogP contribution in [0.4, 0.5) is 0 Å². The lowest BCUT2D eigenvalue weighted by Crippen LogP contribution is -2.36. The molecule has 0 aliphatic carbocycles. The molecule has 0 amide bonds. The standard InChI is InChI=1S/C54H40N2O12/c55-29-41(27-35-11-19-43(20-12-35)61-31-37-7-3-1-4-8-37)53(59)65-45-23-15-39(16-24-45)51(57)67-47-33-63-50-48(34-64-49(47)50)68-52(58)40-17-25-46(26-18-40)66-54(60)42(30-56)28-36-13-21-44(22-14-36)62-32-38-9-5-2-6-10-38/h1-28,47-50H,31-34H2/b41-27+,42-28+/t47-,48+,49-,50-/m1/s1. The van der Waals surface area contributed by atoms with Crippen molar-refractivity contribution in [2.24, 2.45) is 0 Å². The van der Waals surface area contributed by atoms with Gasteiger partial charge < -0.3 is 37.9 Å². The van der Waals surface area contributed by atoms with Crippen molar-refractivity contribution in [1.29, 1.82) is 10.5 Å². The molecule has 2 saturated heterocycles. The van der Waals surface area contributed by atoms with Crippen LogP contribution >= 0.6 is 0 Å². The number of esters is 4. The third-order valence-electron chi connectivity index (χ3n) is 10.6. The van der Waals surface area contributed by atoms with Crippen molar-refractivity contribution in [2.75, 3.05) is 13.2 Å². The van der Waals surface area contributed by atoms with Gasteiger partial charge in [-0.1, -0.05) is 84.9 Å². The van der Waals surface area contributed by atoms with Crippen molar-refractivity contribution in [3.63, 3.8) is 0 Å². The summed E-state index contributed by atoms with van der Waals surface area (Å²) in [4.78, 5) is 52.0. The van der Waals surface area contributed by atoms with E-state index in [1.165, 1.54) is 60.7 Å². The first-order valence-electron chi connectivity index (χ1n) is 21.3. The van der Waals surface area contributed by atoms with Crippen LogP contribution in [0.25, 0.3) is 12.2 Å². The molecule has 0 saturated carbocycles. The summed E-state index contributed by atoms with van der Waals surface area (Å²) in [5.74, 6) is -1.67. The van der Waals surface area contributed by atoms with Gasteiger partial charge in [0, 0.05) is 0 Å². The first-order valence-corrected chi connectivity index (χ1v) is 21.3. The van der Waals surface area contributed by atoms with Gasteiger partial charge in [0.2, 0.25) is 0 Å². The van der Waals surface area contributed by atoms with Crippen LogP contribution in [0.5, 0.6) is 23.0 Å². The summed E-state index contributed by atoms with van der Waals surface area (Å²) in [7, 11) is 0. The van der Waals surface area contributed by atoms with E-state index in [1.54, 1.807) is 48.5 Å². The summed E-state index contributed by atoms with van der Waals surface area (Å²) >= 11 is 0. The summed E-state index contributed by atoms with van der Waals surface area (Å²) in [6.07, 6.45) is -0.217. The molecule has 8 rings (SSSR count). The van der Waals surface area contributed by atoms with Crippen molar-refractivity contribution in [2.45, 2.75) is 37.6 Å². The Hall–Kier alpha value is -8.82. The average molecular weight is 909 g/mol. The molecular weight excluding hydrogens is 869 g/mol. The van der Waals surface area contributed by atoms with Crippen LogP contribution in [0.15, 0.2) is 169 Å². The Balaban J connectivity index is 0.775. The number of rotatable bonds is 16. The molecule has 0 bridgehead atoms. The lowest BCUT2D eigenvalue weighted by atomic mass is 10.1. The molecule has 0 unspecified atom stereocenters. The predicted molar refractivity (Wildman–Crippen MR) is 244 cm³/mol. The highest BCUT2D eigenvalue weighted by atomic mass is 16.7. The van der Waals surface area contributed by atoms with Gasteiger partial charge in [-0.2, -0.15) is 10.5 Å². The molecule has 0 spiro atoms. The normalized spacial score (nSPS) is 17.4. The minimum atomic E-state index is -0.878. The minimum Gasteiger partial charge on any atom is -0.489 e. The first kappa shape index (κ1) is 45.7. The van der Waals surface area contributed by atoms with Crippen molar-refractivity contribution < 1.29 is 57.1 Å². The number of carbonyl (C=O) groups is 4. The zero-order valence-corrected chi connectivity index (χ0v) is 36.1. The summed E-state index contributed by atoms with van der Waals surface area (Å²) < 4.78 is 45.5. The van der Waals surface area contributed by atoms with Gasteiger partial charge >= 0.3 is 23.9 Å². The Bertz CT molecular complexity index is 2690. The highest BCUT2D eigenvalue weighted by Crippen LogP contribution is 2.32. The van der Waals surface area contributed by atoms with Crippen LogP contribution in [0.1, 0.15) is 43.0 Å². The molecule has 2 aliphatic rings. The van der Waals surface area contributed by atoms with Crippen LogP contribution in [-0.2, 0) is 41.8 Å². The van der Waals surface area contributed by atoms with Crippen molar-refractivity contribution in [3.8, 4) is 35.1 Å². The van der Waals surface area contributed by atoms with E-state index >= 15 is 0 Å². The maximum absolute atomic E-state index is 13.1. The quantitative estimate of drug-likeness (QED) is 0.0389. The van der Waals surface area contributed by atoms with Crippen LogP contribution in [0.3, 0.4) is 0 Å². The zero-order valence-electron chi connectivity index (χ0n) is 36.1. The van der Waals surface area contributed by atoms with Gasteiger partial charge in [-0.25, -0.2) is 19.2 Å². The third-order valence-corrected chi connectivity index (χ3v) is 10.6. The van der Waals surface area contributed by atoms with Crippen LogP contribution < -0.4 is 18.9 Å². The molecule has 0 radical (unpaired) electrons. The number of hydrogen-bond acceptors (Lipinski definition) is 14.